The van der Waals surface area contributed by atoms with Gasteiger partial charge in [0.2, 0.25) is 5.91 Å². The molecule has 0 aromatic rings. The van der Waals surface area contributed by atoms with Crippen molar-refractivity contribution in [2.45, 2.75) is 84.5 Å². The number of methoxy groups -OCH3 is 1. The smallest absolute Gasteiger partial charge is 0.307 e. The lowest BCUT2D eigenvalue weighted by atomic mass is 9.79. The Bertz CT molecular complexity index is 362. The molecular formula is C20H37NO3. The van der Waals surface area contributed by atoms with Crippen LogP contribution in [0.15, 0.2) is 0 Å². The van der Waals surface area contributed by atoms with E-state index in [0.717, 1.165) is 44.6 Å². The van der Waals surface area contributed by atoms with E-state index in [9.17, 15) is 9.59 Å². The highest BCUT2D eigenvalue weighted by molar-refractivity contribution is 5.79. The van der Waals surface area contributed by atoms with Crippen LogP contribution in [0.25, 0.3) is 0 Å². The Hall–Kier alpha value is -1.06. The third-order valence-electron chi connectivity index (χ3n) is 5.32. The van der Waals surface area contributed by atoms with Crippen molar-refractivity contribution in [1.82, 2.24) is 4.90 Å². The second-order valence-corrected chi connectivity index (χ2v) is 7.22. The van der Waals surface area contributed by atoms with Crippen LogP contribution in [0.1, 0.15) is 84.5 Å². The maximum absolute atomic E-state index is 12.9. The first-order valence-corrected chi connectivity index (χ1v) is 9.97. The molecule has 4 heteroatoms. The van der Waals surface area contributed by atoms with Gasteiger partial charge in [-0.2, -0.15) is 0 Å². The summed E-state index contributed by atoms with van der Waals surface area (Å²) in [5, 5.41) is 0. The summed E-state index contributed by atoms with van der Waals surface area (Å²) in [6.07, 6.45) is 11.9. The molecule has 0 spiro atoms. The molecule has 0 unspecified atom stereocenters. The van der Waals surface area contributed by atoms with Gasteiger partial charge in [0.25, 0.3) is 0 Å². The molecule has 1 fully saturated rings. The maximum atomic E-state index is 12.9. The van der Waals surface area contributed by atoms with Crippen molar-refractivity contribution in [2.24, 2.45) is 11.8 Å². The van der Waals surface area contributed by atoms with Gasteiger partial charge in [0.1, 0.15) is 0 Å². The van der Waals surface area contributed by atoms with E-state index in [-0.39, 0.29) is 17.8 Å². The summed E-state index contributed by atoms with van der Waals surface area (Å²) in [4.78, 5) is 26.2. The van der Waals surface area contributed by atoms with E-state index in [4.69, 9.17) is 4.74 Å². The van der Waals surface area contributed by atoms with Crippen LogP contribution in [0.5, 0.6) is 0 Å². The van der Waals surface area contributed by atoms with Crippen LogP contribution < -0.4 is 0 Å². The number of unbranched alkanes of at least 4 members (excludes halogenated alkanes) is 3. The topological polar surface area (TPSA) is 46.6 Å². The fourth-order valence-electron chi connectivity index (χ4n) is 3.66. The average molecular weight is 340 g/mol. The molecule has 1 saturated carbocycles. The highest BCUT2D eigenvalue weighted by Crippen LogP contribution is 2.33. The zero-order valence-electron chi connectivity index (χ0n) is 16.0. The molecule has 1 aliphatic rings. The van der Waals surface area contributed by atoms with Gasteiger partial charge in [0, 0.05) is 19.0 Å². The summed E-state index contributed by atoms with van der Waals surface area (Å²) in [5.41, 5.74) is 0. The minimum absolute atomic E-state index is 0.169. The summed E-state index contributed by atoms with van der Waals surface area (Å²) in [5.74, 6) is 1.02. The van der Waals surface area contributed by atoms with Crippen molar-refractivity contribution in [3.05, 3.63) is 0 Å². The highest BCUT2D eigenvalue weighted by Gasteiger charge is 2.29. The predicted molar refractivity (Wildman–Crippen MR) is 97.7 cm³/mol. The molecule has 0 aromatic carbocycles. The molecular weight excluding hydrogens is 302 g/mol. The Morgan fingerprint density at radius 2 is 1.62 bits per heavy atom. The quantitative estimate of drug-likeness (QED) is 0.409. The minimum Gasteiger partial charge on any atom is -0.469 e. The molecule has 1 amide bonds. The Labute approximate surface area is 148 Å². The van der Waals surface area contributed by atoms with E-state index in [2.05, 4.69) is 13.8 Å². The van der Waals surface area contributed by atoms with Gasteiger partial charge in [-0.05, 0) is 38.0 Å². The molecule has 140 valence electrons. The fraction of sp³-hybridized carbons (Fsp3) is 0.900. The second-order valence-electron chi connectivity index (χ2n) is 7.22. The first kappa shape index (κ1) is 21.0. The average Bonchev–Trinajstić information content (AvgIpc) is 2.62. The van der Waals surface area contributed by atoms with Crippen molar-refractivity contribution in [3.8, 4) is 0 Å². The van der Waals surface area contributed by atoms with Gasteiger partial charge in [0.15, 0.2) is 0 Å². The Morgan fingerprint density at radius 3 is 2.21 bits per heavy atom. The third kappa shape index (κ3) is 7.67. The van der Waals surface area contributed by atoms with Gasteiger partial charge in [-0.3, -0.25) is 9.59 Å². The zero-order chi connectivity index (χ0) is 17.8. The number of esters is 1. The molecule has 0 heterocycles. The van der Waals surface area contributed by atoms with E-state index < -0.39 is 0 Å². The molecule has 1 aliphatic carbocycles. The van der Waals surface area contributed by atoms with Gasteiger partial charge >= 0.3 is 5.97 Å². The normalized spacial score (nSPS) is 20.6. The summed E-state index contributed by atoms with van der Waals surface area (Å²) in [6, 6.07) is 0. The number of ether oxygens (including phenoxy) is 1. The van der Waals surface area contributed by atoms with Gasteiger partial charge in [-0.1, -0.05) is 46.0 Å². The summed E-state index contributed by atoms with van der Waals surface area (Å²) >= 11 is 0. The minimum atomic E-state index is -0.230. The van der Waals surface area contributed by atoms with Gasteiger partial charge in [-0.25, -0.2) is 0 Å². The fourth-order valence-corrected chi connectivity index (χ4v) is 3.66. The van der Waals surface area contributed by atoms with E-state index in [1.807, 2.05) is 4.90 Å². The molecule has 0 bridgehead atoms. The standard InChI is InChI=1S/C20H37NO3/c1-4-6-8-15-21(16-14-19(22)24-3)20(23)18-12-10-17(11-13-18)9-7-5-2/h17-18H,4-16H2,1-3H3. The highest BCUT2D eigenvalue weighted by atomic mass is 16.5. The van der Waals surface area contributed by atoms with E-state index in [0.29, 0.717) is 13.0 Å². The van der Waals surface area contributed by atoms with Gasteiger partial charge in [0.05, 0.1) is 13.5 Å². The van der Waals surface area contributed by atoms with Crippen molar-refractivity contribution in [1.29, 1.82) is 0 Å². The van der Waals surface area contributed by atoms with Crippen LogP contribution in [0, 0.1) is 11.8 Å². The first-order chi connectivity index (χ1) is 11.6. The predicted octanol–water partition coefficient (Wildman–Crippen LogP) is 4.56. The monoisotopic (exact) mass is 339 g/mol. The number of rotatable bonds is 11. The first-order valence-electron chi connectivity index (χ1n) is 9.97. The maximum Gasteiger partial charge on any atom is 0.307 e. The van der Waals surface area contributed by atoms with Gasteiger partial charge < -0.3 is 9.64 Å². The Kier molecular flexibility index (Phi) is 10.8. The number of hydrogen-bond donors (Lipinski definition) is 0. The molecule has 0 aliphatic heterocycles. The molecule has 0 radical (unpaired) electrons. The Balaban J connectivity index is 2.48. The summed E-state index contributed by atoms with van der Waals surface area (Å²) in [6.45, 7) is 5.69. The number of hydrogen-bond acceptors (Lipinski definition) is 3. The van der Waals surface area contributed by atoms with Crippen LogP contribution in [0.4, 0.5) is 0 Å². The molecule has 1 rings (SSSR count). The van der Waals surface area contributed by atoms with Crippen molar-refractivity contribution >= 4 is 11.9 Å². The second kappa shape index (κ2) is 12.3. The number of nitrogens with zero attached hydrogens (tertiary/aromatic N) is 1. The molecule has 0 atom stereocenters. The van der Waals surface area contributed by atoms with E-state index in [1.54, 1.807) is 0 Å². The zero-order valence-corrected chi connectivity index (χ0v) is 16.0. The third-order valence-corrected chi connectivity index (χ3v) is 5.32. The molecule has 24 heavy (non-hydrogen) atoms. The number of amides is 1. The van der Waals surface area contributed by atoms with Crippen LogP contribution >= 0.6 is 0 Å². The lowest BCUT2D eigenvalue weighted by Gasteiger charge is -2.32. The van der Waals surface area contributed by atoms with Crippen molar-refractivity contribution in [3.63, 3.8) is 0 Å². The summed E-state index contributed by atoms with van der Waals surface area (Å²) < 4.78 is 4.73. The number of carbonyl (C=O) groups is 2. The molecule has 0 aromatic heterocycles. The molecule has 0 N–H and O–H groups in total. The number of carbonyl (C=O) groups excluding carboxylic acids is 2. The molecule has 4 nitrogen and oxygen atoms in total. The van der Waals surface area contributed by atoms with E-state index >= 15 is 0 Å². The van der Waals surface area contributed by atoms with E-state index in [1.165, 1.54) is 39.2 Å². The molecule has 0 saturated heterocycles. The lowest BCUT2D eigenvalue weighted by Crippen LogP contribution is -2.39. The SMILES string of the molecule is CCCCCN(CCC(=O)OC)C(=O)C1CCC(CCCC)CC1. The largest absolute Gasteiger partial charge is 0.469 e. The Morgan fingerprint density at radius 1 is 0.958 bits per heavy atom. The van der Waals surface area contributed by atoms with Crippen LogP contribution in [-0.2, 0) is 14.3 Å². The lowest BCUT2D eigenvalue weighted by molar-refractivity contribution is -0.142. The van der Waals surface area contributed by atoms with Crippen LogP contribution in [0.2, 0.25) is 0 Å². The van der Waals surface area contributed by atoms with Crippen molar-refractivity contribution < 1.29 is 14.3 Å². The van der Waals surface area contributed by atoms with Crippen LogP contribution in [-0.4, -0.2) is 37.0 Å². The van der Waals surface area contributed by atoms with Gasteiger partial charge in [-0.15, -0.1) is 0 Å². The summed E-state index contributed by atoms with van der Waals surface area (Å²) in [7, 11) is 1.41. The van der Waals surface area contributed by atoms with Crippen LogP contribution in [0.3, 0.4) is 0 Å². The van der Waals surface area contributed by atoms with Crippen molar-refractivity contribution in [2.75, 3.05) is 20.2 Å².